The van der Waals surface area contributed by atoms with Gasteiger partial charge in [0.25, 0.3) is 0 Å². The molecule has 208 valence electrons. The molecule has 0 heterocycles. The zero-order valence-corrected chi connectivity index (χ0v) is 25.0. The van der Waals surface area contributed by atoms with E-state index < -0.39 is 0 Å². The van der Waals surface area contributed by atoms with Gasteiger partial charge < -0.3 is 9.47 Å². The molecule has 0 N–H and O–H groups in total. The molecule has 5 aliphatic rings. The van der Waals surface area contributed by atoms with Gasteiger partial charge in [0.05, 0.1) is 0 Å². The molecule has 37 heavy (non-hydrogen) atoms. The van der Waals surface area contributed by atoms with Crippen LogP contribution in [0.2, 0.25) is 0 Å². The number of rotatable bonds is 2. The molecule has 0 radical (unpaired) electrons. The fourth-order valence-corrected chi connectivity index (χ4v) is 11.2. The van der Waals surface area contributed by atoms with Crippen LogP contribution in [0.15, 0.2) is 11.3 Å². The third kappa shape index (κ3) is 3.96. The molecule has 0 aromatic heterocycles. The first-order valence-corrected chi connectivity index (χ1v) is 15.2. The molecule has 0 aromatic rings. The van der Waals surface area contributed by atoms with Crippen molar-refractivity contribution in [2.75, 3.05) is 0 Å². The SMILES string of the molecule is CC(=O)OC1=C2C3C(C)C(C)CCC3(C)CCC2C2(C)CCC3C(C)(C)C(OC(C)=O)CCC3(C)C2C1. The van der Waals surface area contributed by atoms with Gasteiger partial charge in [0, 0.05) is 25.7 Å². The summed E-state index contributed by atoms with van der Waals surface area (Å²) < 4.78 is 12.1. The molecule has 4 heteroatoms. The van der Waals surface area contributed by atoms with Crippen molar-refractivity contribution in [1.82, 2.24) is 0 Å². The van der Waals surface area contributed by atoms with Crippen molar-refractivity contribution in [3.63, 3.8) is 0 Å². The van der Waals surface area contributed by atoms with E-state index in [-0.39, 0.29) is 34.3 Å². The molecule has 10 atom stereocenters. The van der Waals surface area contributed by atoms with Gasteiger partial charge in [-0.1, -0.05) is 48.5 Å². The highest BCUT2D eigenvalue weighted by atomic mass is 16.5. The second kappa shape index (κ2) is 8.85. The van der Waals surface area contributed by atoms with Gasteiger partial charge >= 0.3 is 11.9 Å². The van der Waals surface area contributed by atoms with E-state index in [1.54, 1.807) is 13.8 Å². The first-order valence-electron chi connectivity index (χ1n) is 15.2. The summed E-state index contributed by atoms with van der Waals surface area (Å²) in [7, 11) is 0. The van der Waals surface area contributed by atoms with Crippen LogP contribution in [0.3, 0.4) is 0 Å². The first kappa shape index (κ1) is 27.3. The summed E-state index contributed by atoms with van der Waals surface area (Å²) in [4.78, 5) is 24.5. The van der Waals surface area contributed by atoms with Gasteiger partial charge in [-0.3, -0.25) is 9.59 Å². The monoisotopic (exact) mass is 512 g/mol. The number of carbonyl (C=O) groups excluding carboxylic acids is 2. The number of carbonyl (C=O) groups is 2. The molecule has 0 saturated heterocycles. The van der Waals surface area contributed by atoms with E-state index in [2.05, 4.69) is 48.5 Å². The Hall–Kier alpha value is -1.32. The predicted octanol–water partition coefficient (Wildman–Crippen LogP) is 8.10. The maximum atomic E-state index is 12.5. The van der Waals surface area contributed by atoms with Gasteiger partial charge in [0.2, 0.25) is 0 Å². The molecular weight excluding hydrogens is 460 g/mol. The lowest BCUT2D eigenvalue weighted by atomic mass is 9.36. The summed E-state index contributed by atoms with van der Waals surface area (Å²) in [5.74, 6) is 4.02. The Morgan fingerprint density at radius 3 is 2.08 bits per heavy atom. The topological polar surface area (TPSA) is 52.6 Å². The van der Waals surface area contributed by atoms with E-state index in [0.29, 0.717) is 40.9 Å². The first-order chi connectivity index (χ1) is 17.1. The Bertz CT molecular complexity index is 994. The van der Waals surface area contributed by atoms with E-state index >= 15 is 0 Å². The molecule has 10 unspecified atom stereocenters. The second-order valence-electron chi connectivity index (χ2n) is 15.4. The van der Waals surface area contributed by atoms with Crippen molar-refractivity contribution in [3.8, 4) is 0 Å². The normalized spacial score (nSPS) is 48.6. The minimum absolute atomic E-state index is 0.0185. The van der Waals surface area contributed by atoms with Crippen LogP contribution in [0, 0.1) is 57.2 Å². The average molecular weight is 513 g/mol. The van der Waals surface area contributed by atoms with Gasteiger partial charge in [0.1, 0.15) is 11.9 Å². The highest BCUT2D eigenvalue weighted by Gasteiger charge is 2.66. The molecule has 0 bridgehead atoms. The summed E-state index contributed by atoms with van der Waals surface area (Å²) in [5, 5.41) is 0. The number of allylic oxidation sites excluding steroid dienone is 2. The van der Waals surface area contributed by atoms with Crippen molar-refractivity contribution in [2.24, 2.45) is 57.2 Å². The zero-order chi connectivity index (χ0) is 27.1. The summed E-state index contributed by atoms with van der Waals surface area (Å²) in [6.45, 7) is 20.4. The molecular formula is C33H52O4. The predicted molar refractivity (Wildman–Crippen MR) is 146 cm³/mol. The van der Waals surface area contributed by atoms with Crippen LogP contribution in [0.25, 0.3) is 0 Å². The van der Waals surface area contributed by atoms with Gasteiger partial charge in [-0.2, -0.15) is 0 Å². The van der Waals surface area contributed by atoms with E-state index in [9.17, 15) is 9.59 Å². The molecule has 4 fully saturated rings. The summed E-state index contributed by atoms with van der Waals surface area (Å²) >= 11 is 0. The van der Waals surface area contributed by atoms with E-state index in [0.717, 1.165) is 25.0 Å². The van der Waals surface area contributed by atoms with E-state index in [1.807, 2.05) is 0 Å². The molecule has 0 aromatic carbocycles. The minimum atomic E-state index is -0.162. The van der Waals surface area contributed by atoms with Gasteiger partial charge in [0.15, 0.2) is 0 Å². The smallest absolute Gasteiger partial charge is 0.307 e. The van der Waals surface area contributed by atoms with Crippen molar-refractivity contribution in [2.45, 2.75) is 126 Å². The Labute approximate surface area is 225 Å². The van der Waals surface area contributed by atoms with Crippen LogP contribution in [0.5, 0.6) is 0 Å². The van der Waals surface area contributed by atoms with Crippen molar-refractivity contribution in [1.29, 1.82) is 0 Å². The summed E-state index contributed by atoms with van der Waals surface area (Å²) in [6, 6.07) is 0. The summed E-state index contributed by atoms with van der Waals surface area (Å²) in [6.07, 6.45) is 10.4. The number of ether oxygens (including phenoxy) is 2. The molecule has 5 aliphatic carbocycles. The van der Waals surface area contributed by atoms with Crippen LogP contribution >= 0.6 is 0 Å². The fourth-order valence-electron chi connectivity index (χ4n) is 11.2. The average Bonchev–Trinajstić information content (AvgIpc) is 2.79. The number of esters is 2. The largest absolute Gasteiger partial charge is 0.462 e. The van der Waals surface area contributed by atoms with E-state index in [1.165, 1.54) is 44.1 Å². The highest BCUT2D eigenvalue weighted by molar-refractivity contribution is 5.67. The summed E-state index contributed by atoms with van der Waals surface area (Å²) in [5.41, 5.74) is 2.14. The lowest BCUT2D eigenvalue weighted by Crippen LogP contribution is -2.63. The van der Waals surface area contributed by atoms with Crippen LogP contribution in [-0.2, 0) is 19.1 Å². The van der Waals surface area contributed by atoms with Gasteiger partial charge in [-0.25, -0.2) is 0 Å². The standard InChI is InChI=1S/C33H52O4/c1-19-10-14-31(7)15-11-23-28(29(31)20(19)2)24(36-21(3)34)18-26-32(23,8)16-12-25-30(5,6)27(37-22(4)35)13-17-33(25,26)9/h19-20,23,25-27,29H,10-18H2,1-9H3. The molecule has 0 spiro atoms. The third-order valence-corrected chi connectivity index (χ3v) is 13.2. The lowest BCUT2D eigenvalue weighted by Gasteiger charge is -2.68. The lowest BCUT2D eigenvalue weighted by molar-refractivity contribution is -0.203. The second-order valence-corrected chi connectivity index (χ2v) is 15.4. The number of hydrogen-bond donors (Lipinski definition) is 0. The Morgan fingerprint density at radius 1 is 0.784 bits per heavy atom. The Kier molecular flexibility index (Phi) is 6.52. The molecule has 4 nitrogen and oxygen atoms in total. The van der Waals surface area contributed by atoms with E-state index in [4.69, 9.17) is 9.47 Å². The molecule has 4 saturated carbocycles. The zero-order valence-electron chi connectivity index (χ0n) is 25.0. The molecule has 5 rings (SSSR count). The van der Waals surface area contributed by atoms with Crippen LogP contribution in [0.4, 0.5) is 0 Å². The number of hydrogen-bond acceptors (Lipinski definition) is 4. The number of fused-ring (bicyclic) bond motifs is 7. The Morgan fingerprint density at radius 2 is 1.43 bits per heavy atom. The van der Waals surface area contributed by atoms with Crippen molar-refractivity contribution in [3.05, 3.63) is 11.3 Å². The van der Waals surface area contributed by atoms with Crippen LogP contribution < -0.4 is 0 Å². The molecule has 0 aliphatic heterocycles. The third-order valence-electron chi connectivity index (χ3n) is 13.2. The van der Waals surface area contributed by atoms with Gasteiger partial charge in [-0.15, -0.1) is 0 Å². The van der Waals surface area contributed by atoms with Crippen LogP contribution in [-0.4, -0.2) is 18.0 Å². The molecule has 0 amide bonds. The van der Waals surface area contributed by atoms with Crippen molar-refractivity contribution < 1.29 is 19.1 Å². The van der Waals surface area contributed by atoms with Gasteiger partial charge in [-0.05, 0) is 109 Å². The highest BCUT2D eigenvalue weighted by Crippen LogP contribution is 2.73. The maximum absolute atomic E-state index is 12.5. The van der Waals surface area contributed by atoms with Crippen molar-refractivity contribution >= 4 is 11.9 Å². The minimum Gasteiger partial charge on any atom is -0.462 e. The fraction of sp³-hybridized carbons (Fsp3) is 0.879. The quantitative estimate of drug-likeness (QED) is 0.351. The van der Waals surface area contributed by atoms with Crippen LogP contribution in [0.1, 0.15) is 120 Å². The Balaban J connectivity index is 1.60. The maximum Gasteiger partial charge on any atom is 0.307 e.